The number of aromatic nitrogens is 3. The van der Waals surface area contributed by atoms with Gasteiger partial charge < -0.3 is 15.4 Å². The summed E-state index contributed by atoms with van der Waals surface area (Å²) in [6.07, 6.45) is 3.67. The molecule has 2 heterocycles. The number of halogens is 2. The van der Waals surface area contributed by atoms with E-state index in [9.17, 15) is 18.7 Å². The van der Waals surface area contributed by atoms with E-state index in [0.29, 0.717) is 16.7 Å². The van der Waals surface area contributed by atoms with Gasteiger partial charge in [-0.2, -0.15) is 0 Å². The second-order valence-corrected chi connectivity index (χ2v) is 5.72. The molecule has 0 saturated heterocycles. The molecule has 3 N–H and O–H groups in total. The number of hydrogen-bond donors (Lipinski definition) is 3. The summed E-state index contributed by atoms with van der Waals surface area (Å²) in [5.41, 5.74) is -0.0477. The summed E-state index contributed by atoms with van der Waals surface area (Å²) in [6, 6.07) is 0. The highest BCUT2D eigenvalue weighted by Gasteiger charge is 2.42. The minimum Gasteiger partial charge on any atom is -0.388 e. The smallest absolute Gasteiger partial charge is 0.255 e. The highest BCUT2D eigenvalue weighted by molar-refractivity contribution is 6.04. The molecule has 0 aliphatic heterocycles. The summed E-state index contributed by atoms with van der Waals surface area (Å²) < 4.78 is 26.3. The second-order valence-electron chi connectivity index (χ2n) is 5.72. The van der Waals surface area contributed by atoms with Crippen LogP contribution in [0.15, 0.2) is 18.6 Å². The van der Waals surface area contributed by atoms with Gasteiger partial charge in [-0.15, -0.1) is 0 Å². The molecular weight excluding hydrogens is 294 g/mol. The number of hydrogen-bond acceptors (Lipinski definition) is 4. The lowest BCUT2D eigenvalue weighted by molar-refractivity contribution is -0.101. The molecule has 1 aliphatic rings. The van der Waals surface area contributed by atoms with Crippen molar-refractivity contribution < 1.29 is 18.7 Å². The zero-order chi connectivity index (χ0) is 15.8. The van der Waals surface area contributed by atoms with Crippen molar-refractivity contribution in [3.63, 3.8) is 0 Å². The zero-order valence-corrected chi connectivity index (χ0v) is 11.8. The number of nitrogens with one attached hydrogen (secondary N) is 2. The van der Waals surface area contributed by atoms with Crippen LogP contribution in [0.3, 0.4) is 0 Å². The molecule has 2 aromatic heterocycles. The van der Waals surface area contributed by atoms with Crippen molar-refractivity contribution in [3.05, 3.63) is 24.2 Å². The molecule has 1 fully saturated rings. The van der Waals surface area contributed by atoms with E-state index < -0.39 is 17.4 Å². The van der Waals surface area contributed by atoms with Crippen LogP contribution in [-0.4, -0.2) is 44.0 Å². The highest BCUT2D eigenvalue weighted by atomic mass is 19.3. The van der Waals surface area contributed by atoms with E-state index >= 15 is 0 Å². The van der Waals surface area contributed by atoms with Gasteiger partial charge in [0.1, 0.15) is 5.52 Å². The molecule has 0 bridgehead atoms. The third-order valence-electron chi connectivity index (χ3n) is 4.04. The van der Waals surface area contributed by atoms with Crippen molar-refractivity contribution in [2.75, 3.05) is 6.54 Å². The molecule has 0 unspecified atom stereocenters. The third kappa shape index (κ3) is 2.92. The van der Waals surface area contributed by atoms with E-state index in [1.54, 1.807) is 0 Å². The van der Waals surface area contributed by atoms with Crippen LogP contribution in [0, 0.1) is 0 Å². The molecule has 0 atom stereocenters. The topological polar surface area (TPSA) is 90.9 Å². The summed E-state index contributed by atoms with van der Waals surface area (Å²) in [5, 5.41) is 12.9. The molecule has 118 valence electrons. The minimum absolute atomic E-state index is 0.0338. The van der Waals surface area contributed by atoms with Crippen molar-refractivity contribution in [1.82, 2.24) is 20.3 Å². The van der Waals surface area contributed by atoms with E-state index in [1.165, 1.54) is 18.6 Å². The average Bonchev–Trinajstić information content (AvgIpc) is 2.93. The Morgan fingerprint density at radius 1 is 1.27 bits per heavy atom. The molecule has 1 amide bonds. The molecule has 2 aromatic rings. The molecule has 1 saturated carbocycles. The lowest BCUT2D eigenvalue weighted by Gasteiger charge is -2.35. The van der Waals surface area contributed by atoms with Gasteiger partial charge in [-0.3, -0.25) is 9.78 Å². The van der Waals surface area contributed by atoms with Crippen LogP contribution in [0.25, 0.3) is 11.2 Å². The minimum atomic E-state index is -2.72. The van der Waals surface area contributed by atoms with E-state index in [2.05, 4.69) is 20.3 Å². The van der Waals surface area contributed by atoms with Gasteiger partial charge in [0, 0.05) is 38.0 Å². The number of H-pyrrole nitrogens is 1. The summed E-state index contributed by atoms with van der Waals surface area (Å²) in [5.74, 6) is -3.14. The maximum absolute atomic E-state index is 13.1. The Hall–Kier alpha value is -2.09. The fourth-order valence-electron chi connectivity index (χ4n) is 2.62. The lowest BCUT2D eigenvalue weighted by Crippen LogP contribution is -2.47. The van der Waals surface area contributed by atoms with Gasteiger partial charge in [-0.05, 0) is 12.8 Å². The third-order valence-corrected chi connectivity index (χ3v) is 4.04. The first-order valence-electron chi connectivity index (χ1n) is 7.05. The quantitative estimate of drug-likeness (QED) is 0.803. The van der Waals surface area contributed by atoms with Crippen LogP contribution in [0.2, 0.25) is 0 Å². The number of carbonyl (C=O) groups is 1. The summed E-state index contributed by atoms with van der Waals surface area (Å²) in [7, 11) is 0. The van der Waals surface area contributed by atoms with E-state index in [0.717, 1.165) is 0 Å². The van der Waals surface area contributed by atoms with E-state index in [-0.39, 0.29) is 32.2 Å². The summed E-state index contributed by atoms with van der Waals surface area (Å²) in [4.78, 5) is 23.1. The zero-order valence-electron chi connectivity index (χ0n) is 11.8. The number of fused-ring (bicyclic) bond motifs is 1. The van der Waals surface area contributed by atoms with Crippen molar-refractivity contribution >= 4 is 17.1 Å². The molecule has 0 spiro atoms. The number of aliphatic hydroxyl groups is 1. The first kappa shape index (κ1) is 14.8. The molecule has 1 aliphatic carbocycles. The van der Waals surface area contributed by atoms with Gasteiger partial charge in [-0.1, -0.05) is 0 Å². The van der Waals surface area contributed by atoms with E-state index in [4.69, 9.17) is 0 Å². The summed E-state index contributed by atoms with van der Waals surface area (Å²) in [6.45, 7) is -0.0607. The van der Waals surface area contributed by atoms with Crippen LogP contribution in [0.1, 0.15) is 36.0 Å². The van der Waals surface area contributed by atoms with Gasteiger partial charge in [0.15, 0.2) is 5.65 Å². The number of nitrogens with zero attached hydrogens (tertiary/aromatic N) is 2. The predicted molar refractivity (Wildman–Crippen MR) is 74.6 cm³/mol. The first-order valence-corrected chi connectivity index (χ1v) is 7.05. The van der Waals surface area contributed by atoms with Gasteiger partial charge >= 0.3 is 0 Å². The normalized spacial score (nSPS) is 20.0. The molecule has 22 heavy (non-hydrogen) atoms. The molecular formula is C14H16F2N4O2. The average molecular weight is 310 g/mol. The molecule has 0 aromatic carbocycles. The van der Waals surface area contributed by atoms with Crippen LogP contribution >= 0.6 is 0 Å². The standard InChI is InChI=1S/C14H16F2N4O2/c15-14(16)3-1-13(22,2-4-14)8-20-12(21)9-7-19-11-10(9)17-5-6-18-11/h5-7,22H,1-4,8H2,(H,18,19)(H,20,21). The first-order chi connectivity index (χ1) is 10.4. The lowest BCUT2D eigenvalue weighted by atomic mass is 9.82. The van der Waals surface area contributed by atoms with Crippen LogP contribution < -0.4 is 5.32 Å². The van der Waals surface area contributed by atoms with Gasteiger partial charge in [0.25, 0.3) is 5.91 Å². The van der Waals surface area contributed by atoms with Crippen molar-refractivity contribution in [2.45, 2.75) is 37.2 Å². The predicted octanol–water partition coefficient (Wildman–Crippen LogP) is 1.63. The Morgan fingerprint density at radius 2 is 1.95 bits per heavy atom. The number of rotatable bonds is 3. The second kappa shape index (κ2) is 5.28. The van der Waals surface area contributed by atoms with Crippen molar-refractivity contribution in [1.29, 1.82) is 0 Å². The monoisotopic (exact) mass is 310 g/mol. The number of aromatic amines is 1. The van der Waals surface area contributed by atoms with Crippen molar-refractivity contribution in [3.8, 4) is 0 Å². The maximum Gasteiger partial charge on any atom is 0.255 e. The summed E-state index contributed by atoms with van der Waals surface area (Å²) >= 11 is 0. The number of amides is 1. The van der Waals surface area contributed by atoms with Crippen LogP contribution in [0.5, 0.6) is 0 Å². The SMILES string of the molecule is O=C(NCC1(O)CCC(F)(F)CC1)c1c[nH]c2nccnc12. The Labute approximate surface area is 125 Å². The van der Waals surface area contributed by atoms with Gasteiger partial charge in [0.05, 0.1) is 11.2 Å². The van der Waals surface area contributed by atoms with Gasteiger partial charge in [-0.25, -0.2) is 13.8 Å². The Bertz CT molecular complexity index is 691. The van der Waals surface area contributed by atoms with Crippen LogP contribution in [0.4, 0.5) is 8.78 Å². The maximum atomic E-state index is 13.1. The number of carbonyl (C=O) groups excluding carboxylic acids is 1. The molecule has 0 radical (unpaired) electrons. The van der Waals surface area contributed by atoms with Crippen LogP contribution in [-0.2, 0) is 0 Å². The Morgan fingerprint density at radius 3 is 2.68 bits per heavy atom. The fraction of sp³-hybridized carbons (Fsp3) is 0.500. The van der Waals surface area contributed by atoms with Crippen molar-refractivity contribution in [2.24, 2.45) is 0 Å². The molecule has 8 heteroatoms. The molecule has 6 nitrogen and oxygen atoms in total. The largest absolute Gasteiger partial charge is 0.388 e. The number of alkyl halides is 2. The van der Waals surface area contributed by atoms with Gasteiger partial charge in [0.2, 0.25) is 5.92 Å². The fourth-order valence-corrected chi connectivity index (χ4v) is 2.62. The highest BCUT2D eigenvalue weighted by Crippen LogP contribution is 2.38. The Kier molecular flexibility index (Phi) is 3.56. The Balaban J connectivity index is 1.65. The molecule has 3 rings (SSSR count). The van der Waals surface area contributed by atoms with E-state index in [1.807, 2.05) is 0 Å².